The predicted molar refractivity (Wildman–Crippen MR) is 129 cm³/mol. The molecule has 36 heavy (non-hydrogen) atoms. The van der Waals surface area contributed by atoms with Crippen molar-refractivity contribution in [1.29, 1.82) is 0 Å². The molecule has 0 radical (unpaired) electrons. The van der Waals surface area contributed by atoms with E-state index in [2.05, 4.69) is 10.1 Å². The molecule has 4 rings (SSSR count). The van der Waals surface area contributed by atoms with E-state index in [9.17, 15) is 28.1 Å². The van der Waals surface area contributed by atoms with Crippen LogP contribution in [0, 0.1) is 10.1 Å². The zero-order chi connectivity index (χ0) is 26.0. The van der Waals surface area contributed by atoms with E-state index in [-0.39, 0.29) is 45.2 Å². The first-order valence-corrected chi connectivity index (χ1v) is 10.8. The molecular weight excluding hydrogens is 501 g/mol. The lowest BCUT2D eigenvalue weighted by atomic mass is 10.1. The third kappa shape index (κ3) is 4.91. The molecule has 184 valence electrons. The molecule has 0 N–H and O–H groups in total. The number of halogens is 4. The van der Waals surface area contributed by atoms with Crippen LogP contribution in [0.15, 0.2) is 70.6 Å². The van der Waals surface area contributed by atoms with Gasteiger partial charge in [0.1, 0.15) is 0 Å². The number of ether oxygens (including phenoxy) is 1. The summed E-state index contributed by atoms with van der Waals surface area (Å²) >= 11 is 6.04. The average Bonchev–Trinajstić information content (AvgIpc) is 2.84. The minimum Gasteiger partial charge on any atom is -0.487 e. The van der Waals surface area contributed by atoms with Crippen LogP contribution in [0.4, 0.5) is 18.9 Å². The normalized spacial score (nSPS) is 11.8. The second-order valence-corrected chi connectivity index (χ2v) is 7.86. The molecular formula is C24H16ClF3N4O4. The largest absolute Gasteiger partial charge is 0.487 e. The number of nitrogens with zero attached hydrogens (tertiary/aromatic N) is 4. The molecule has 0 unspecified atom stereocenters. The van der Waals surface area contributed by atoms with Gasteiger partial charge < -0.3 is 4.74 Å². The van der Waals surface area contributed by atoms with Gasteiger partial charge in [-0.2, -0.15) is 22.9 Å². The fourth-order valence-electron chi connectivity index (χ4n) is 3.51. The molecule has 1 heterocycles. The molecule has 0 aliphatic carbocycles. The van der Waals surface area contributed by atoms with Crippen LogP contribution in [0.2, 0.25) is 5.02 Å². The molecule has 0 saturated carbocycles. The summed E-state index contributed by atoms with van der Waals surface area (Å²) in [5.74, 6) is -0.284. The summed E-state index contributed by atoms with van der Waals surface area (Å²) in [6.45, 7) is 1.72. The maximum absolute atomic E-state index is 13.3. The van der Waals surface area contributed by atoms with Gasteiger partial charge in [0.15, 0.2) is 5.82 Å². The number of nitro benzene ring substituents is 1. The molecule has 12 heteroatoms. The highest BCUT2D eigenvalue weighted by Gasteiger charge is 2.31. The lowest BCUT2D eigenvalue weighted by molar-refractivity contribution is -0.385. The van der Waals surface area contributed by atoms with Crippen LogP contribution in [-0.4, -0.2) is 27.4 Å². The summed E-state index contributed by atoms with van der Waals surface area (Å²) in [7, 11) is 0. The van der Waals surface area contributed by atoms with Crippen molar-refractivity contribution < 1.29 is 22.8 Å². The summed E-state index contributed by atoms with van der Waals surface area (Å²) in [6.07, 6.45) is -3.51. The first kappa shape index (κ1) is 24.9. The van der Waals surface area contributed by atoms with Gasteiger partial charge in [-0.3, -0.25) is 14.9 Å². The average molecular weight is 517 g/mol. The molecule has 3 aromatic carbocycles. The van der Waals surface area contributed by atoms with Gasteiger partial charge in [0.2, 0.25) is 5.75 Å². The Kier molecular flexibility index (Phi) is 6.75. The van der Waals surface area contributed by atoms with Crippen molar-refractivity contribution in [1.82, 2.24) is 9.66 Å². The molecule has 0 spiro atoms. The Bertz CT molecular complexity index is 1570. The highest BCUT2D eigenvalue weighted by atomic mass is 35.5. The molecule has 8 nitrogen and oxygen atoms in total. The Morgan fingerprint density at radius 2 is 1.92 bits per heavy atom. The number of para-hydroxylation sites is 1. The van der Waals surface area contributed by atoms with Gasteiger partial charge >= 0.3 is 11.9 Å². The van der Waals surface area contributed by atoms with Crippen molar-refractivity contribution in [2.24, 2.45) is 5.10 Å². The van der Waals surface area contributed by atoms with Crippen molar-refractivity contribution in [3.05, 3.63) is 97.3 Å². The van der Waals surface area contributed by atoms with E-state index >= 15 is 0 Å². The van der Waals surface area contributed by atoms with Gasteiger partial charge in [-0.05, 0) is 37.3 Å². The van der Waals surface area contributed by atoms with Gasteiger partial charge in [-0.1, -0.05) is 35.9 Å². The third-order valence-electron chi connectivity index (χ3n) is 5.06. The van der Waals surface area contributed by atoms with Crippen LogP contribution in [0.5, 0.6) is 5.75 Å². The predicted octanol–water partition coefficient (Wildman–Crippen LogP) is 5.92. The smallest absolute Gasteiger partial charge is 0.416 e. The molecule has 1 aromatic heterocycles. The fourth-order valence-corrected chi connectivity index (χ4v) is 3.73. The summed E-state index contributed by atoms with van der Waals surface area (Å²) in [4.78, 5) is 28.5. The second-order valence-electron chi connectivity index (χ2n) is 7.43. The number of fused-ring (bicyclic) bond motifs is 1. The maximum Gasteiger partial charge on any atom is 0.416 e. The fraction of sp³-hybridized carbons (Fsp3) is 0.125. The van der Waals surface area contributed by atoms with Crippen molar-refractivity contribution in [3.63, 3.8) is 0 Å². The van der Waals surface area contributed by atoms with Gasteiger partial charge in [0, 0.05) is 22.2 Å². The molecule has 0 aliphatic heterocycles. The van der Waals surface area contributed by atoms with E-state index in [0.29, 0.717) is 0 Å². The Labute approximate surface area is 206 Å². The van der Waals surface area contributed by atoms with Crippen molar-refractivity contribution in [2.45, 2.75) is 13.1 Å². The summed E-state index contributed by atoms with van der Waals surface area (Å²) in [6, 6.07) is 13.1. The first-order valence-electron chi connectivity index (χ1n) is 10.4. The number of rotatable bonds is 6. The SMILES string of the molecule is CCOc1c(C=Nn2c(-c3cccc(C(F)(F)F)c3)nc3ccccc3c2=O)cc(Cl)cc1[N+](=O)[O-]. The lowest BCUT2D eigenvalue weighted by Crippen LogP contribution is -2.20. The molecule has 0 amide bonds. The quantitative estimate of drug-likeness (QED) is 0.180. The minimum atomic E-state index is -4.62. The molecule has 0 bridgehead atoms. The van der Waals surface area contributed by atoms with E-state index in [1.54, 1.807) is 25.1 Å². The Morgan fingerprint density at radius 1 is 1.17 bits per heavy atom. The summed E-state index contributed by atoms with van der Waals surface area (Å²) in [5.41, 5.74) is -1.65. The zero-order valence-electron chi connectivity index (χ0n) is 18.5. The molecule has 0 fully saturated rings. The second kappa shape index (κ2) is 9.78. The highest BCUT2D eigenvalue weighted by Crippen LogP contribution is 2.34. The van der Waals surface area contributed by atoms with Crippen molar-refractivity contribution in [2.75, 3.05) is 6.61 Å². The summed E-state index contributed by atoms with van der Waals surface area (Å²) in [5, 5.41) is 15.8. The zero-order valence-corrected chi connectivity index (χ0v) is 19.2. The van der Waals surface area contributed by atoms with E-state index < -0.39 is 27.9 Å². The molecule has 0 aliphatic rings. The van der Waals surface area contributed by atoms with Gasteiger partial charge in [-0.15, -0.1) is 0 Å². The Balaban J connectivity index is 1.97. The molecule has 0 atom stereocenters. The number of hydrogen-bond donors (Lipinski definition) is 0. The minimum absolute atomic E-state index is 0.00747. The van der Waals surface area contributed by atoms with Crippen molar-refractivity contribution >= 4 is 34.4 Å². The number of hydrogen-bond acceptors (Lipinski definition) is 6. The van der Waals surface area contributed by atoms with Crippen LogP contribution in [-0.2, 0) is 6.18 Å². The van der Waals surface area contributed by atoms with Crippen LogP contribution in [0.1, 0.15) is 18.1 Å². The molecule has 4 aromatic rings. The Hall–Kier alpha value is -4.25. The first-order chi connectivity index (χ1) is 17.1. The van der Waals surface area contributed by atoms with Crippen LogP contribution in [0.3, 0.4) is 0 Å². The van der Waals surface area contributed by atoms with Crippen LogP contribution in [0.25, 0.3) is 22.3 Å². The number of alkyl halides is 3. The van der Waals surface area contributed by atoms with E-state index in [1.165, 1.54) is 24.3 Å². The highest BCUT2D eigenvalue weighted by molar-refractivity contribution is 6.31. The topological polar surface area (TPSA) is 99.6 Å². The lowest BCUT2D eigenvalue weighted by Gasteiger charge is -2.12. The van der Waals surface area contributed by atoms with E-state index in [0.717, 1.165) is 29.1 Å². The maximum atomic E-state index is 13.3. The number of nitro groups is 1. The number of aromatic nitrogens is 2. The van der Waals surface area contributed by atoms with E-state index in [1.807, 2.05) is 0 Å². The van der Waals surface area contributed by atoms with Crippen molar-refractivity contribution in [3.8, 4) is 17.1 Å². The monoisotopic (exact) mass is 516 g/mol. The van der Waals surface area contributed by atoms with Crippen LogP contribution < -0.4 is 10.3 Å². The summed E-state index contributed by atoms with van der Waals surface area (Å²) < 4.78 is 46.3. The van der Waals surface area contributed by atoms with Gasteiger partial charge in [-0.25, -0.2) is 4.98 Å². The van der Waals surface area contributed by atoms with Crippen LogP contribution >= 0.6 is 11.6 Å². The third-order valence-corrected chi connectivity index (χ3v) is 5.28. The van der Waals surface area contributed by atoms with Gasteiger partial charge in [0.25, 0.3) is 5.56 Å². The standard InChI is InChI=1S/C24H16ClF3N4O4/c1-2-36-21-15(11-17(25)12-20(21)32(34)35)13-29-31-22(14-6-5-7-16(10-14)24(26,27)28)30-19-9-4-3-8-18(19)23(31)33/h3-13H,2H2,1H3. The van der Waals surface area contributed by atoms with Gasteiger partial charge in [0.05, 0.1) is 34.2 Å². The number of benzene rings is 3. The van der Waals surface area contributed by atoms with E-state index in [4.69, 9.17) is 16.3 Å². The molecule has 0 saturated heterocycles. The Morgan fingerprint density at radius 3 is 2.61 bits per heavy atom.